The topological polar surface area (TPSA) is 55.8 Å². The van der Waals surface area contributed by atoms with Crippen LogP contribution in [0.25, 0.3) is 0 Å². The van der Waals surface area contributed by atoms with Gasteiger partial charge in [-0.05, 0) is 27.2 Å². The second-order valence-corrected chi connectivity index (χ2v) is 6.61. The number of hydrogen-bond donors (Lipinski definition) is 0. The number of amides is 1. The van der Waals surface area contributed by atoms with Crippen LogP contribution < -0.4 is 0 Å². The first-order valence-corrected chi connectivity index (χ1v) is 7.77. The Hall–Kier alpha value is -1.36. The summed E-state index contributed by atoms with van der Waals surface area (Å²) in [6, 6.07) is 0.162. The van der Waals surface area contributed by atoms with E-state index in [9.17, 15) is 9.59 Å². The zero-order valence-electron chi connectivity index (χ0n) is 13.0. The van der Waals surface area contributed by atoms with Gasteiger partial charge in [-0.2, -0.15) is 0 Å². The van der Waals surface area contributed by atoms with Crippen LogP contribution in [0.5, 0.6) is 0 Å². The Balaban J connectivity index is 1.88. The van der Waals surface area contributed by atoms with E-state index in [4.69, 9.17) is 9.47 Å². The zero-order valence-corrected chi connectivity index (χ0v) is 13.0. The van der Waals surface area contributed by atoms with E-state index in [1.165, 1.54) is 0 Å². The van der Waals surface area contributed by atoms with Crippen LogP contribution in [-0.4, -0.2) is 47.2 Å². The fourth-order valence-corrected chi connectivity index (χ4v) is 3.70. The molecule has 0 aromatic heterocycles. The second-order valence-electron chi connectivity index (χ2n) is 6.61. The lowest BCUT2D eigenvalue weighted by Crippen LogP contribution is -2.41. The lowest BCUT2D eigenvalue weighted by atomic mass is 9.77. The molecule has 1 amide bonds. The molecule has 5 atom stereocenters. The number of carbonyl (C=O) groups is 2. The van der Waals surface area contributed by atoms with Gasteiger partial charge in [-0.25, -0.2) is 0 Å². The minimum atomic E-state index is -0.619. The SMILES string of the molecule is CC[C@@H](C)N1C[C@]23C=C[C@@H](O2)[C@H](C(=O)OC(C)C)[C@@H]3C1=O. The van der Waals surface area contributed by atoms with Gasteiger partial charge in [-0.15, -0.1) is 0 Å². The zero-order chi connectivity index (χ0) is 15.4. The third-order valence-electron chi connectivity index (χ3n) is 4.88. The van der Waals surface area contributed by atoms with Gasteiger partial charge in [0.15, 0.2) is 0 Å². The van der Waals surface area contributed by atoms with E-state index in [0.29, 0.717) is 6.54 Å². The maximum atomic E-state index is 12.8. The molecule has 21 heavy (non-hydrogen) atoms. The van der Waals surface area contributed by atoms with Crippen molar-refractivity contribution in [2.24, 2.45) is 11.8 Å². The fourth-order valence-electron chi connectivity index (χ4n) is 3.70. The molecule has 0 radical (unpaired) electrons. The molecule has 2 saturated heterocycles. The van der Waals surface area contributed by atoms with E-state index in [1.807, 2.05) is 37.8 Å². The molecule has 0 N–H and O–H groups in total. The summed E-state index contributed by atoms with van der Waals surface area (Å²) in [4.78, 5) is 27.0. The van der Waals surface area contributed by atoms with Crippen LogP contribution in [0, 0.1) is 11.8 Å². The van der Waals surface area contributed by atoms with E-state index in [2.05, 4.69) is 6.92 Å². The Morgan fingerprint density at radius 1 is 1.52 bits per heavy atom. The van der Waals surface area contributed by atoms with E-state index >= 15 is 0 Å². The Morgan fingerprint density at radius 2 is 2.24 bits per heavy atom. The second kappa shape index (κ2) is 4.83. The molecule has 5 heteroatoms. The standard InChI is InChI=1S/C16H23NO4/c1-5-10(4)17-8-16-7-6-11(21-16)12(13(16)14(17)18)15(19)20-9(2)3/h6-7,9-13H,5,8H2,1-4H3/t10-,11-,12+,13-,16+/m1/s1. The normalized spacial score (nSPS) is 38.2. The van der Waals surface area contributed by atoms with E-state index < -0.39 is 17.4 Å². The van der Waals surface area contributed by atoms with Crippen molar-refractivity contribution in [3.05, 3.63) is 12.2 Å². The van der Waals surface area contributed by atoms with Crippen molar-refractivity contribution in [1.82, 2.24) is 4.90 Å². The maximum Gasteiger partial charge on any atom is 0.313 e. The van der Waals surface area contributed by atoms with Gasteiger partial charge in [0.2, 0.25) is 5.91 Å². The van der Waals surface area contributed by atoms with Gasteiger partial charge >= 0.3 is 5.97 Å². The number of fused-ring (bicyclic) bond motifs is 1. The third kappa shape index (κ3) is 2.01. The molecule has 3 aliphatic heterocycles. The fraction of sp³-hybridized carbons (Fsp3) is 0.750. The Kier molecular flexibility index (Phi) is 3.35. The van der Waals surface area contributed by atoms with Crippen LogP contribution in [0.4, 0.5) is 0 Å². The highest BCUT2D eigenvalue weighted by atomic mass is 16.6. The molecule has 116 valence electrons. The highest BCUT2D eigenvalue weighted by molar-refractivity contribution is 5.91. The van der Waals surface area contributed by atoms with Crippen LogP contribution >= 0.6 is 0 Å². The highest BCUT2D eigenvalue weighted by Gasteiger charge is 2.67. The molecule has 3 rings (SSSR count). The Bertz CT molecular complexity index is 501. The predicted octanol–water partition coefficient (Wildman–Crippen LogP) is 1.52. The van der Waals surface area contributed by atoms with Crippen molar-refractivity contribution in [3.63, 3.8) is 0 Å². The third-order valence-corrected chi connectivity index (χ3v) is 4.88. The van der Waals surface area contributed by atoms with Crippen molar-refractivity contribution >= 4 is 11.9 Å². The minimum absolute atomic E-state index is 0.0295. The summed E-state index contributed by atoms with van der Waals surface area (Å²) in [5.41, 5.74) is -0.619. The van der Waals surface area contributed by atoms with Crippen LogP contribution in [0.1, 0.15) is 34.1 Å². The van der Waals surface area contributed by atoms with Gasteiger partial charge in [0.1, 0.15) is 11.5 Å². The van der Waals surface area contributed by atoms with Gasteiger partial charge in [0, 0.05) is 6.04 Å². The molecule has 0 unspecified atom stereocenters. The quantitative estimate of drug-likeness (QED) is 0.582. The van der Waals surface area contributed by atoms with Crippen LogP contribution in [0.2, 0.25) is 0 Å². The lowest BCUT2D eigenvalue weighted by molar-refractivity contribution is -0.157. The summed E-state index contributed by atoms with van der Waals surface area (Å²) >= 11 is 0. The molecule has 5 nitrogen and oxygen atoms in total. The summed E-state index contributed by atoms with van der Waals surface area (Å²) in [7, 11) is 0. The van der Waals surface area contributed by atoms with E-state index in [0.717, 1.165) is 6.42 Å². The Morgan fingerprint density at radius 3 is 2.86 bits per heavy atom. The molecule has 3 aliphatic rings. The summed E-state index contributed by atoms with van der Waals surface area (Å²) in [5.74, 6) is -1.21. The van der Waals surface area contributed by atoms with Crippen molar-refractivity contribution in [2.45, 2.75) is 58.0 Å². The maximum absolute atomic E-state index is 12.8. The molecule has 3 heterocycles. The van der Waals surface area contributed by atoms with Crippen LogP contribution in [-0.2, 0) is 19.1 Å². The molecular weight excluding hydrogens is 270 g/mol. The van der Waals surface area contributed by atoms with Crippen molar-refractivity contribution in [1.29, 1.82) is 0 Å². The molecule has 0 aromatic rings. The molecule has 0 aliphatic carbocycles. The van der Waals surface area contributed by atoms with Crippen molar-refractivity contribution < 1.29 is 19.1 Å². The number of likely N-dealkylation sites (tertiary alicyclic amines) is 1. The summed E-state index contributed by atoms with van der Waals surface area (Å²) in [6.07, 6.45) is 4.28. The van der Waals surface area contributed by atoms with E-state index in [1.54, 1.807) is 0 Å². The first-order chi connectivity index (χ1) is 9.89. The molecule has 0 aromatic carbocycles. The van der Waals surface area contributed by atoms with Gasteiger partial charge in [-0.1, -0.05) is 19.1 Å². The van der Waals surface area contributed by atoms with Gasteiger partial charge < -0.3 is 14.4 Å². The van der Waals surface area contributed by atoms with E-state index in [-0.39, 0.29) is 30.1 Å². The largest absolute Gasteiger partial charge is 0.463 e. The molecule has 1 spiro atoms. The minimum Gasteiger partial charge on any atom is -0.463 e. The van der Waals surface area contributed by atoms with Gasteiger partial charge in [0.05, 0.1) is 24.7 Å². The smallest absolute Gasteiger partial charge is 0.313 e. The number of hydrogen-bond acceptors (Lipinski definition) is 4. The first kappa shape index (κ1) is 14.6. The summed E-state index contributed by atoms with van der Waals surface area (Å²) in [6.45, 7) is 8.28. The average Bonchev–Trinajstić information content (AvgIpc) is 3.05. The van der Waals surface area contributed by atoms with Gasteiger partial charge in [-0.3, -0.25) is 9.59 Å². The van der Waals surface area contributed by atoms with Gasteiger partial charge in [0.25, 0.3) is 0 Å². The number of rotatable bonds is 4. The van der Waals surface area contributed by atoms with Crippen LogP contribution in [0.3, 0.4) is 0 Å². The summed E-state index contributed by atoms with van der Waals surface area (Å²) in [5, 5.41) is 0. The number of carbonyl (C=O) groups excluding carboxylic acids is 2. The first-order valence-electron chi connectivity index (χ1n) is 7.77. The summed E-state index contributed by atoms with van der Waals surface area (Å²) < 4.78 is 11.4. The monoisotopic (exact) mass is 293 g/mol. The molecule has 0 saturated carbocycles. The average molecular weight is 293 g/mol. The Labute approximate surface area is 125 Å². The van der Waals surface area contributed by atoms with Crippen LogP contribution in [0.15, 0.2) is 12.2 Å². The van der Waals surface area contributed by atoms with Crippen molar-refractivity contribution in [2.75, 3.05) is 6.54 Å². The molecule has 2 bridgehead atoms. The highest BCUT2D eigenvalue weighted by Crippen LogP contribution is 2.52. The number of esters is 1. The number of ether oxygens (including phenoxy) is 2. The van der Waals surface area contributed by atoms with Crippen molar-refractivity contribution in [3.8, 4) is 0 Å². The predicted molar refractivity (Wildman–Crippen MR) is 76.4 cm³/mol. The molecule has 2 fully saturated rings. The lowest BCUT2D eigenvalue weighted by Gasteiger charge is -2.26. The molecular formula is C16H23NO4. The number of nitrogens with zero attached hydrogens (tertiary/aromatic N) is 1.